The van der Waals surface area contributed by atoms with Gasteiger partial charge in [-0.05, 0) is 38.8 Å². The molecule has 142 valence electrons. The highest BCUT2D eigenvalue weighted by Crippen LogP contribution is 2.13. The van der Waals surface area contributed by atoms with Crippen LogP contribution in [0.2, 0.25) is 0 Å². The molecule has 2 atom stereocenters. The number of hydrogen-bond donors (Lipinski definition) is 2. The van der Waals surface area contributed by atoms with Crippen molar-refractivity contribution < 1.29 is 8.42 Å². The molecule has 2 unspecified atom stereocenters. The van der Waals surface area contributed by atoms with Gasteiger partial charge in [-0.1, -0.05) is 27.7 Å². The van der Waals surface area contributed by atoms with E-state index in [1.165, 1.54) is 0 Å². The van der Waals surface area contributed by atoms with Gasteiger partial charge < -0.3 is 10.6 Å². The standard InChI is InChI=1S/C17H36N4O2S/c1-6-18-17(20-15-9-10-24(22,23)13-15)19-12-16(11-14(4)5)21(7-2)8-3/h14-16H,6-13H2,1-5H3,(H2,18,19,20). The maximum atomic E-state index is 11.6. The van der Waals surface area contributed by atoms with Crippen molar-refractivity contribution in [2.24, 2.45) is 10.9 Å². The molecule has 0 bridgehead atoms. The maximum Gasteiger partial charge on any atom is 0.191 e. The third-order valence-electron chi connectivity index (χ3n) is 4.45. The van der Waals surface area contributed by atoms with Crippen molar-refractivity contribution in [1.82, 2.24) is 15.5 Å². The van der Waals surface area contributed by atoms with Crippen molar-refractivity contribution in [3.8, 4) is 0 Å². The Kier molecular flexibility index (Phi) is 9.05. The molecule has 0 spiro atoms. The van der Waals surface area contributed by atoms with Gasteiger partial charge in [0.05, 0.1) is 18.1 Å². The van der Waals surface area contributed by atoms with E-state index >= 15 is 0 Å². The van der Waals surface area contributed by atoms with Crippen LogP contribution in [-0.4, -0.2) is 69.0 Å². The smallest absolute Gasteiger partial charge is 0.191 e. The lowest BCUT2D eigenvalue weighted by atomic mass is 10.0. The summed E-state index contributed by atoms with van der Waals surface area (Å²) in [5.74, 6) is 1.85. The normalized spacial score (nSPS) is 22.1. The molecule has 2 N–H and O–H groups in total. The van der Waals surface area contributed by atoms with E-state index in [2.05, 4.69) is 43.2 Å². The van der Waals surface area contributed by atoms with Crippen LogP contribution in [0, 0.1) is 5.92 Å². The summed E-state index contributed by atoms with van der Waals surface area (Å²) in [6, 6.07) is 0.396. The van der Waals surface area contributed by atoms with E-state index in [0.29, 0.717) is 18.4 Å². The van der Waals surface area contributed by atoms with E-state index in [-0.39, 0.29) is 17.5 Å². The Morgan fingerprint density at radius 3 is 2.38 bits per heavy atom. The summed E-state index contributed by atoms with van der Waals surface area (Å²) in [7, 11) is -2.88. The third-order valence-corrected chi connectivity index (χ3v) is 6.22. The van der Waals surface area contributed by atoms with Crippen LogP contribution in [-0.2, 0) is 9.84 Å². The van der Waals surface area contributed by atoms with Gasteiger partial charge in [-0.2, -0.15) is 0 Å². The molecule has 0 aromatic rings. The molecule has 0 aromatic carbocycles. The highest BCUT2D eigenvalue weighted by molar-refractivity contribution is 7.91. The predicted octanol–water partition coefficient (Wildman–Crippen LogP) is 1.49. The van der Waals surface area contributed by atoms with Crippen LogP contribution >= 0.6 is 0 Å². The number of nitrogens with one attached hydrogen (secondary N) is 2. The lowest BCUT2D eigenvalue weighted by Crippen LogP contribution is -2.45. The fourth-order valence-corrected chi connectivity index (χ4v) is 4.92. The molecule has 0 amide bonds. The highest BCUT2D eigenvalue weighted by atomic mass is 32.2. The van der Waals surface area contributed by atoms with E-state index in [9.17, 15) is 8.42 Å². The minimum atomic E-state index is -2.88. The number of guanidine groups is 1. The molecule has 7 heteroatoms. The average molecular weight is 361 g/mol. The van der Waals surface area contributed by atoms with Gasteiger partial charge in [-0.25, -0.2) is 8.42 Å². The summed E-state index contributed by atoms with van der Waals surface area (Å²) in [6.45, 7) is 14.4. The first-order chi connectivity index (χ1) is 11.3. The third kappa shape index (κ3) is 7.38. The van der Waals surface area contributed by atoms with E-state index in [4.69, 9.17) is 4.99 Å². The largest absolute Gasteiger partial charge is 0.357 e. The Morgan fingerprint density at radius 2 is 1.92 bits per heavy atom. The number of hydrogen-bond acceptors (Lipinski definition) is 4. The maximum absolute atomic E-state index is 11.6. The molecule has 1 aliphatic heterocycles. The minimum absolute atomic E-state index is 0.0233. The summed E-state index contributed by atoms with van der Waals surface area (Å²) in [5, 5.41) is 6.54. The van der Waals surface area contributed by atoms with Gasteiger partial charge in [-0.15, -0.1) is 0 Å². The van der Waals surface area contributed by atoms with Gasteiger partial charge in [0.2, 0.25) is 0 Å². The van der Waals surface area contributed by atoms with Gasteiger partial charge >= 0.3 is 0 Å². The van der Waals surface area contributed by atoms with Gasteiger partial charge in [-0.3, -0.25) is 9.89 Å². The summed E-state index contributed by atoms with van der Waals surface area (Å²) in [5.41, 5.74) is 0. The van der Waals surface area contributed by atoms with Crippen molar-refractivity contribution in [1.29, 1.82) is 0 Å². The van der Waals surface area contributed by atoms with Gasteiger partial charge in [0, 0.05) is 18.6 Å². The average Bonchev–Trinajstić information content (AvgIpc) is 2.84. The molecule has 1 fully saturated rings. The Hall–Kier alpha value is -0.820. The summed E-state index contributed by atoms with van der Waals surface area (Å²) in [4.78, 5) is 7.20. The van der Waals surface area contributed by atoms with Crippen LogP contribution in [0.3, 0.4) is 0 Å². The zero-order valence-electron chi connectivity index (χ0n) is 16.0. The lowest BCUT2D eigenvalue weighted by Gasteiger charge is -2.30. The molecule has 24 heavy (non-hydrogen) atoms. The molecule has 0 aromatic heterocycles. The zero-order chi connectivity index (χ0) is 18.2. The van der Waals surface area contributed by atoms with Crippen molar-refractivity contribution in [3.05, 3.63) is 0 Å². The fourth-order valence-electron chi connectivity index (χ4n) is 3.24. The van der Waals surface area contributed by atoms with Crippen LogP contribution in [0.25, 0.3) is 0 Å². The predicted molar refractivity (Wildman–Crippen MR) is 102 cm³/mol. The van der Waals surface area contributed by atoms with E-state index in [0.717, 1.165) is 38.6 Å². The Labute approximate surface area is 148 Å². The van der Waals surface area contributed by atoms with Gasteiger partial charge in [0.15, 0.2) is 15.8 Å². The molecule has 1 aliphatic rings. The van der Waals surface area contributed by atoms with Crippen LogP contribution in [0.1, 0.15) is 47.5 Å². The first-order valence-electron chi connectivity index (χ1n) is 9.30. The molecular weight excluding hydrogens is 324 g/mol. The van der Waals surface area contributed by atoms with E-state index < -0.39 is 9.84 Å². The van der Waals surface area contributed by atoms with Crippen LogP contribution < -0.4 is 10.6 Å². The Morgan fingerprint density at radius 1 is 1.25 bits per heavy atom. The fraction of sp³-hybridized carbons (Fsp3) is 0.941. The number of sulfone groups is 1. The minimum Gasteiger partial charge on any atom is -0.357 e. The van der Waals surface area contributed by atoms with Gasteiger partial charge in [0.1, 0.15) is 0 Å². The number of likely N-dealkylation sites (N-methyl/N-ethyl adjacent to an activating group) is 1. The van der Waals surface area contributed by atoms with Crippen LogP contribution in [0.15, 0.2) is 4.99 Å². The molecule has 0 saturated carbocycles. The highest BCUT2D eigenvalue weighted by Gasteiger charge is 2.28. The van der Waals surface area contributed by atoms with E-state index in [1.54, 1.807) is 0 Å². The topological polar surface area (TPSA) is 73.8 Å². The Balaban J connectivity index is 2.73. The summed E-state index contributed by atoms with van der Waals surface area (Å²) < 4.78 is 23.3. The van der Waals surface area contributed by atoms with Crippen molar-refractivity contribution in [2.75, 3.05) is 37.7 Å². The second kappa shape index (κ2) is 10.2. The number of rotatable bonds is 9. The molecular formula is C17H36N4O2S. The van der Waals surface area contributed by atoms with Gasteiger partial charge in [0.25, 0.3) is 0 Å². The Bertz CT molecular complexity index is 487. The van der Waals surface area contributed by atoms with Crippen LogP contribution in [0.4, 0.5) is 0 Å². The summed E-state index contributed by atoms with van der Waals surface area (Å²) >= 11 is 0. The zero-order valence-corrected chi connectivity index (χ0v) is 16.8. The number of nitrogens with zero attached hydrogens (tertiary/aromatic N) is 2. The van der Waals surface area contributed by atoms with Crippen molar-refractivity contribution in [3.63, 3.8) is 0 Å². The lowest BCUT2D eigenvalue weighted by molar-refractivity contribution is 0.196. The quantitative estimate of drug-likeness (QED) is 0.481. The molecule has 1 saturated heterocycles. The molecule has 1 rings (SSSR count). The SMILES string of the molecule is CCNC(=NCC(CC(C)C)N(CC)CC)NC1CCS(=O)(=O)C1. The molecule has 1 heterocycles. The first kappa shape index (κ1) is 21.2. The van der Waals surface area contributed by atoms with E-state index in [1.807, 2.05) is 6.92 Å². The van der Waals surface area contributed by atoms with Crippen LogP contribution in [0.5, 0.6) is 0 Å². The number of aliphatic imine (C=N–C) groups is 1. The molecule has 0 aliphatic carbocycles. The van der Waals surface area contributed by atoms with Crippen molar-refractivity contribution in [2.45, 2.75) is 59.5 Å². The van der Waals surface area contributed by atoms with Crippen molar-refractivity contribution >= 4 is 15.8 Å². The first-order valence-corrected chi connectivity index (χ1v) is 11.1. The second-order valence-electron chi connectivity index (χ2n) is 6.97. The monoisotopic (exact) mass is 360 g/mol. The second-order valence-corrected chi connectivity index (χ2v) is 9.20. The molecule has 6 nitrogen and oxygen atoms in total. The summed E-state index contributed by atoms with van der Waals surface area (Å²) in [6.07, 6.45) is 1.78. The molecule has 0 radical (unpaired) electrons.